The molecule has 0 saturated carbocycles. The van der Waals surface area contributed by atoms with Crippen LogP contribution in [0.15, 0.2) is 182 Å². The van der Waals surface area contributed by atoms with Crippen LogP contribution in [0.2, 0.25) is 0 Å². The van der Waals surface area contributed by atoms with Crippen LogP contribution in [0.1, 0.15) is 0 Å². The molecule has 0 fully saturated rings. The van der Waals surface area contributed by atoms with Gasteiger partial charge >= 0.3 is 260 Å². The van der Waals surface area contributed by atoms with E-state index in [1.165, 1.54) is 21.5 Å². The summed E-state index contributed by atoms with van der Waals surface area (Å²) in [5.74, 6) is 0. The molecule has 6 aromatic carbocycles. The maximum atomic E-state index is 7.31. The molecule has 0 aliphatic heterocycles. The van der Waals surface area contributed by atoms with E-state index in [1.807, 2.05) is 0 Å². The molecular formula is C38H34O2Sn2. The molecule has 0 spiro atoms. The van der Waals surface area contributed by atoms with Crippen molar-refractivity contribution in [2.45, 2.75) is 0 Å². The second kappa shape index (κ2) is 13.9. The molecular weight excluding hydrogens is 726 g/mol. The summed E-state index contributed by atoms with van der Waals surface area (Å²) in [6, 6.07) is 65.1. The summed E-state index contributed by atoms with van der Waals surface area (Å²) in [6.45, 7) is 1.03. The fourth-order valence-corrected chi connectivity index (χ4v) is 28.0. The van der Waals surface area contributed by atoms with Crippen LogP contribution in [0.5, 0.6) is 0 Å². The average Bonchev–Trinajstić information content (AvgIpc) is 3.09. The Bertz CT molecular complexity index is 1330. The van der Waals surface area contributed by atoms with Gasteiger partial charge in [-0.3, -0.25) is 0 Å². The third-order valence-electron chi connectivity index (χ3n) is 7.80. The summed E-state index contributed by atoms with van der Waals surface area (Å²) >= 11 is -7.71. The van der Waals surface area contributed by atoms with Gasteiger partial charge in [-0.15, -0.1) is 0 Å². The first-order valence-corrected chi connectivity index (χ1v) is 25.3. The summed E-state index contributed by atoms with van der Waals surface area (Å²) in [7, 11) is 0. The zero-order valence-electron chi connectivity index (χ0n) is 23.6. The van der Waals surface area contributed by atoms with Gasteiger partial charge in [-0.1, -0.05) is 0 Å². The Morgan fingerprint density at radius 3 is 0.595 bits per heavy atom. The van der Waals surface area contributed by atoms with Crippen LogP contribution in [0.25, 0.3) is 0 Å². The van der Waals surface area contributed by atoms with Crippen molar-refractivity contribution in [2.24, 2.45) is 0 Å². The molecule has 0 radical (unpaired) electrons. The third kappa shape index (κ3) is 5.86. The first-order valence-electron chi connectivity index (χ1n) is 14.4. The molecule has 0 unspecified atom stereocenters. The quantitative estimate of drug-likeness (QED) is 0.145. The molecule has 0 aliphatic carbocycles. The monoisotopic (exact) mass is 762 g/mol. The van der Waals surface area contributed by atoms with E-state index in [4.69, 9.17) is 6.15 Å². The number of rotatable bonds is 11. The predicted molar refractivity (Wildman–Crippen MR) is 180 cm³/mol. The van der Waals surface area contributed by atoms with Crippen LogP contribution >= 0.6 is 0 Å². The molecule has 206 valence electrons. The minimum atomic E-state index is -3.86. The van der Waals surface area contributed by atoms with Crippen molar-refractivity contribution >= 4 is 59.1 Å². The van der Waals surface area contributed by atoms with E-state index < -0.39 is 37.6 Å². The van der Waals surface area contributed by atoms with E-state index in [9.17, 15) is 0 Å². The van der Waals surface area contributed by atoms with Crippen molar-refractivity contribution in [3.63, 3.8) is 0 Å². The summed E-state index contributed by atoms with van der Waals surface area (Å²) < 4.78 is 22.4. The molecule has 2 nitrogen and oxygen atoms in total. The second-order valence-corrected chi connectivity index (χ2v) is 29.6. The van der Waals surface area contributed by atoms with Gasteiger partial charge in [0, 0.05) is 0 Å². The van der Waals surface area contributed by atoms with Crippen LogP contribution in [-0.4, -0.2) is 50.8 Å². The van der Waals surface area contributed by atoms with Crippen LogP contribution < -0.4 is 21.5 Å². The van der Waals surface area contributed by atoms with E-state index in [1.54, 1.807) is 0 Å². The maximum absolute atomic E-state index is 7.31. The number of hydrogen-bond donors (Lipinski definition) is 0. The Morgan fingerprint density at radius 1 is 0.262 bits per heavy atom. The Hall–Kier alpha value is -3.16. The Morgan fingerprint density at radius 2 is 0.429 bits per heavy atom. The van der Waals surface area contributed by atoms with Crippen LogP contribution in [0.3, 0.4) is 0 Å². The number of hydrogen-bond acceptors (Lipinski definition) is 2. The van der Waals surface area contributed by atoms with E-state index in [2.05, 4.69) is 182 Å². The molecule has 42 heavy (non-hydrogen) atoms. The molecule has 0 aliphatic rings. The normalized spacial score (nSPS) is 11.7. The van der Waals surface area contributed by atoms with Gasteiger partial charge in [0.05, 0.1) is 0 Å². The molecule has 0 heterocycles. The molecule has 6 aromatic rings. The Balaban J connectivity index is 1.41. The van der Waals surface area contributed by atoms with Crippen LogP contribution in [0.4, 0.5) is 0 Å². The van der Waals surface area contributed by atoms with E-state index in [0.29, 0.717) is 13.2 Å². The fourth-order valence-electron chi connectivity index (χ4n) is 5.93. The van der Waals surface area contributed by atoms with Gasteiger partial charge in [0.2, 0.25) is 0 Å². The van der Waals surface area contributed by atoms with Crippen molar-refractivity contribution in [1.82, 2.24) is 0 Å². The molecule has 0 bridgehead atoms. The summed E-state index contributed by atoms with van der Waals surface area (Å²) in [5.41, 5.74) is 0. The zero-order chi connectivity index (χ0) is 28.5. The molecule has 0 amide bonds. The Kier molecular flexibility index (Phi) is 9.56. The second-order valence-electron chi connectivity index (χ2n) is 10.3. The van der Waals surface area contributed by atoms with Gasteiger partial charge in [0.15, 0.2) is 0 Å². The Labute approximate surface area is 258 Å². The van der Waals surface area contributed by atoms with E-state index in [-0.39, 0.29) is 0 Å². The fraction of sp³-hybridized carbons (Fsp3) is 0.0526. The van der Waals surface area contributed by atoms with Crippen molar-refractivity contribution in [3.8, 4) is 0 Å². The molecule has 6 rings (SSSR count). The van der Waals surface area contributed by atoms with Gasteiger partial charge in [-0.25, -0.2) is 0 Å². The zero-order valence-corrected chi connectivity index (χ0v) is 29.3. The molecule has 0 aromatic heterocycles. The molecule has 4 heteroatoms. The van der Waals surface area contributed by atoms with Gasteiger partial charge in [0.25, 0.3) is 0 Å². The van der Waals surface area contributed by atoms with Crippen molar-refractivity contribution in [1.29, 1.82) is 0 Å². The summed E-state index contributed by atoms with van der Waals surface area (Å²) in [6.07, 6.45) is 0. The first kappa shape index (κ1) is 28.9. The first-order chi connectivity index (χ1) is 20.8. The SMILES string of the molecule is c1cc[c]([Sn]([O]CC[O][Sn]([c]2ccccc2)([c]2ccccc2)[c]2ccccc2)([c]2ccccc2)[c]2ccccc2)cc1. The topological polar surface area (TPSA) is 18.5 Å². The van der Waals surface area contributed by atoms with Gasteiger partial charge in [-0.2, -0.15) is 0 Å². The summed E-state index contributed by atoms with van der Waals surface area (Å²) in [5, 5.41) is 0. The van der Waals surface area contributed by atoms with Crippen molar-refractivity contribution < 1.29 is 6.15 Å². The van der Waals surface area contributed by atoms with Crippen LogP contribution in [0, 0.1) is 0 Å². The predicted octanol–water partition coefficient (Wildman–Crippen LogP) is 4.35. The van der Waals surface area contributed by atoms with Crippen molar-refractivity contribution in [3.05, 3.63) is 182 Å². The van der Waals surface area contributed by atoms with Crippen LogP contribution in [-0.2, 0) is 6.15 Å². The molecule has 0 N–H and O–H groups in total. The standard InChI is InChI=1S/6C6H5.C2H4O2.2Sn/c6*1-2-4-6-5-3-1;3-1-2-4;;/h6*1-5H;1-2H2;;/q;;;;;;-2;2*+1. The van der Waals surface area contributed by atoms with E-state index >= 15 is 0 Å². The average molecular weight is 760 g/mol. The van der Waals surface area contributed by atoms with Gasteiger partial charge < -0.3 is 0 Å². The molecule has 0 saturated heterocycles. The van der Waals surface area contributed by atoms with Crippen molar-refractivity contribution in [2.75, 3.05) is 13.2 Å². The summed E-state index contributed by atoms with van der Waals surface area (Å²) in [4.78, 5) is 0. The molecule has 0 atom stereocenters. The van der Waals surface area contributed by atoms with Gasteiger partial charge in [0.1, 0.15) is 0 Å². The van der Waals surface area contributed by atoms with E-state index in [0.717, 1.165) is 0 Å². The van der Waals surface area contributed by atoms with Gasteiger partial charge in [-0.05, 0) is 0 Å². The number of benzene rings is 6. The minimum absolute atomic E-state index is 0.514. The third-order valence-corrected chi connectivity index (χ3v) is 31.1.